The van der Waals surface area contributed by atoms with Crippen molar-refractivity contribution in [3.8, 4) is 5.75 Å². The van der Waals surface area contributed by atoms with Gasteiger partial charge in [0.25, 0.3) is 0 Å². The lowest BCUT2D eigenvalue weighted by molar-refractivity contribution is 0.201. The second-order valence-corrected chi connectivity index (χ2v) is 5.72. The lowest BCUT2D eigenvalue weighted by Gasteiger charge is -2.30. The first-order valence-corrected chi connectivity index (χ1v) is 6.43. The van der Waals surface area contributed by atoms with Crippen LogP contribution in [0, 0.1) is 5.41 Å². The fraction of sp³-hybridized carbons (Fsp3) is 0.600. The number of rotatable bonds is 7. The Hall–Kier alpha value is -1.06. The summed E-state index contributed by atoms with van der Waals surface area (Å²) in [6.07, 6.45) is 0. The first kappa shape index (κ1) is 15.0. The molecule has 0 aliphatic heterocycles. The summed E-state index contributed by atoms with van der Waals surface area (Å²) in [6.45, 7) is 7.60. The van der Waals surface area contributed by atoms with Gasteiger partial charge < -0.3 is 15.0 Å². The van der Waals surface area contributed by atoms with Crippen molar-refractivity contribution in [2.45, 2.75) is 20.4 Å². The zero-order valence-corrected chi connectivity index (χ0v) is 12.3. The Balaban J connectivity index is 2.55. The smallest absolute Gasteiger partial charge is 0.119 e. The van der Waals surface area contributed by atoms with Crippen LogP contribution in [-0.2, 0) is 6.54 Å². The van der Waals surface area contributed by atoms with E-state index < -0.39 is 0 Å². The average molecular weight is 250 g/mol. The van der Waals surface area contributed by atoms with Gasteiger partial charge in [-0.2, -0.15) is 0 Å². The normalized spacial score (nSPS) is 11.9. The van der Waals surface area contributed by atoms with Gasteiger partial charge in [-0.3, -0.25) is 0 Å². The summed E-state index contributed by atoms with van der Waals surface area (Å²) in [5.74, 6) is 0.926. The van der Waals surface area contributed by atoms with Crippen molar-refractivity contribution in [2.24, 2.45) is 5.41 Å². The largest absolute Gasteiger partial charge is 0.497 e. The molecule has 0 spiro atoms. The van der Waals surface area contributed by atoms with Crippen LogP contribution in [0.4, 0.5) is 0 Å². The molecule has 3 nitrogen and oxygen atoms in total. The first-order valence-electron chi connectivity index (χ1n) is 6.43. The number of nitrogens with one attached hydrogen (secondary N) is 1. The predicted octanol–water partition coefficient (Wildman–Crippen LogP) is 2.37. The first-order chi connectivity index (χ1) is 8.46. The van der Waals surface area contributed by atoms with Gasteiger partial charge >= 0.3 is 0 Å². The van der Waals surface area contributed by atoms with Crippen LogP contribution in [-0.4, -0.2) is 39.2 Å². The molecule has 3 heteroatoms. The van der Waals surface area contributed by atoms with Crippen LogP contribution in [0.1, 0.15) is 19.4 Å². The fourth-order valence-corrected chi connectivity index (χ4v) is 2.40. The minimum atomic E-state index is 0.280. The van der Waals surface area contributed by atoms with Crippen molar-refractivity contribution in [3.63, 3.8) is 0 Å². The molecule has 0 saturated carbocycles. The number of nitrogens with zero attached hydrogens (tertiary/aromatic N) is 1. The molecule has 0 aromatic heterocycles. The topological polar surface area (TPSA) is 24.5 Å². The van der Waals surface area contributed by atoms with E-state index in [1.54, 1.807) is 7.11 Å². The molecule has 0 heterocycles. The van der Waals surface area contributed by atoms with Crippen molar-refractivity contribution in [3.05, 3.63) is 29.8 Å². The number of hydrogen-bond acceptors (Lipinski definition) is 3. The molecule has 1 aromatic carbocycles. The zero-order chi connectivity index (χ0) is 13.6. The lowest BCUT2D eigenvalue weighted by Crippen LogP contribution is -2.37. The highest BCUT2D eigenvalue weighted by atomic mass is 16.5. The summed E-state index contributed by atoms with van der Waals surface area (Å²) < 4.78 is 5.25. The van der Waals surface area contributed by atoms with Gasteiger partial charge in [0.1, 0.15) is 5.75 Å². The zero-order valence-electron chi connectivity index (χ0n) is 12.3. The fourth-order valence-electron chi connectivity index (χ4n) is 2.40. The van der Waals surface area contributed by atoms with Crippen molar-refractivity contribution in [1.29, 1.82) is 0 Å². The molecule has 0 saturated heterocycles. The average Bonchev–Trinajstić information content (AvgIpc) is 2.28. The minimum Gasteiger partial charge on any atom is -0.497 e. The Kier molecular flexibility index (Phi) is 5.63. The summed E-state index contributed by atoms with van der Waals surface area (Å²) in [5, 5.41) is 3.25. The van der Waals surface area contributed by atoms with Crippen LogP contribution < -0.4 is 10.1 Å². The van der Waals surface area contributed by atoms with E-state index in [2.05, 4.69) is 43.2 Å². The minimum absolute atomic E-state index is 0.280. The number of benzene rings is 1. The van der Waals surface area contributed by atoms with Crippen LogP contribution in [0.25, 0.3) is 0 Å². The van der Waals surface area contributed by atoms with Gasteiger partial charge in [0.2, 0.25) is 0 Å². The Bertz CT molecular complexity index is 363. The molecule has 0 aliphatic rings. The van der Waals surface area contributed by atoms with E-state index in [9.17, 15) is 0 Å². The van der Waals surface area contributed by atoms with Gasteiger partial charge in [-0.1, -0.05) is 26.0 Å². The molecule has 0 bridgehead atoms. The quantitative estimate of drug-likeness (QED) is 0.804. The molecule has 0 amide bonds. The molecule has 0 radical (unpaired) electrons. The van der Waals surface area contributed by atoms with Gasteiger partial charge in [0.05, 0.1) is 7.11 Å². The monoisotopic (exact) mass is 250 g/mol. The predicted molar refractivity (Wildman–Crippen MR) is 77.0 cm³/mol. The van der Waals surface area contributed by atoms with Crippen molar-refractivity contribution in [1.82, 2.24) is 10.2 Å². The molecule has 102 valence electrons. The van der Waals surface area contributed by atoms with E-state index in [4.69, 9.17) is 4.74 Å². The van der Waals surface area contributed by atoms with Gasteiger partial charge in [-0.25, -0.2) is 0 Å². The maximum Gasteiger partial charge on any atom is 0.119 e. The summed E-state index contributed by atoms with van der Waals surface area (Å²) in [4.78, 5) is 2.35. The Morgan fingerprint density at radius 2 is 2.06 bits per heavy atom. The maximum absolute atomic E-state index is 5.25. The van der Waals surface area contributed by atoms with E-state index >= 15 is 0 Å². The third-order valence-electron chi connectivity index (χ3n) is 2.94. The lowest BCUT2D eigenvalue weighted by atomic mass is 9.93. The van der Waals surface area contributed by atoms with Crippen LogP contribution in [0.15, 0.2) is 24.3 Å². The van der Waals surface area contributed by atoms with E-state index in [1.165, 1.54) is 5.56 Å². The van der Waals surface area contributed by atoms with Crippen molar-refractivity contribution in [2.75, 3.05) is 34.3 Å². The van der Waals surface area contributed by atoms with E-state index in [-0.39, 0.29) is 5.41 Å². The van der Waals surface area contributed by atoms with Crippen LogP contribution in [0.2, 0.25) is 0 Å². The highest BCUT2D eigenvalue weighted by Gasteiger charge is 2.19. The number of ether oxygens (including phenoxy) is 1. The van der Waals surface area contributed by atoms with Gasteiger partial charge in [0, 0.05) is 19.6 Å². The molecule has 0 atom stereocenters. The SMILES string of the molecule is CNCC(C)(C)CN(C)Cc1cccc(OC)c1. The molecular formula is C15H26N2O. The molecule has 0 aliphatic carbocycles. The molecule has 1 rings (SSSR count). The Morgan fingerprint density at radius 1 is 1.33 bits per heavy atom. The van der Waals surface area contributed by atoms with Crippen LogP contribution in [0.5, 0.6) is 5.75 Å². The van der Waals surface area contributed by atoms with Crippen molar-refractivity contribution < 1.29 is 4.74 Å². The van der Waals surface area contributed by atoms with Gasteiger partial charge in [-0.15, -0.1) is 0 Å². The summed E-state index contributed by atoms with van der Waals surface area (Å²) in [7, 11) is 5.87. The summed E-state index contributed by atoms with van der Waals surface area (Å²) >= 11 is 0. The third-order valence-corrected chi connectivity index (χ3v) is 2.94. The highest BCUT2D eigenvalue weighted by Crippen LogP contribution is 2.18. The molecule has 0 fully saturated rings. The van der Waals surface area contributed by atoms with Crippen LogP contribution in [0.3, 0.4) is 0 Å². The second kappa shape index (κ2) is 6.76. The number of hydrogen-bond donors (Lipinski definition) is 1. The van der Waals surface area contributed by atoms with Gasteiger partial charge in [-0.05, 0) is 37.2 Å². The Morgan fingerprint density at radius 3 is 2.67 bits per heavy atom. The molecule has 1 aromatic rings. The maximum atomic E-state index is 5.25. The van der Waals surface area contributed by atoms with E-state index in [0.717, 1.165) is 25.4 Å². The third kappa shape index (κ3) is 5.07. The molecular weight excluding hydrogens is 224 g/mol. The van der Waals surface area contributed by atoms with E-state index in [0.29, 0.717) is 0 Å². The summed E-state index contributed by atoms with van der Waals surface area (Å²) in [6, 6.07) is 8.26. The molecule has 0 unspecified atom stereocenters. The summed E-state index contributed by atoms with van der Waals surface area (Å²) in [5.41, 5.74) is 1.57. The molecule has 18 heavy (non-hydrogen) atoms. The standard InChI is InChI=1S/C15H26N2O/c1-15(2,11-16-3)12-17(4)10-13-7-6-8-14(9-13)18-5/h6-9,16H,10-12H2,1-5H3. The molecule has 1 N–H and O–H groups in total. The van der Waals surface area contributed by atoms with Gasteiger partial charge in [0.15, 0.2) is 0 Å². The Labute approximate surface area is 111 Å². The second-order valence-electron chi connectivity index (χ2n) is 5.72. The number of methoxy groups -OCH3 is 1. The van der Waals surface area contributed by atoms with Crippen molar-refractivity contribution >= 4 is 0 Å². The van der Waals surface area contributed by atoms with Crippen LogP contribution >= 0.6 is 0 Å². The highest BCUT2D eigenvalue weighted by molar-refractivity contribution is 5.28. The van der Waals surface area contributed by atoms with E-state index in [1.807, 2.05) is 19.2 Å².